The molecule has 0 bridgehead atoms. The third-order valence-corrected chi connectivity index (χ3v) is 5.12. The van der Waals surface area contributed by atoms with Gasteiger partial charge < -0.3 is 4.90 Å². The van der Waals surface area contributed by atoms with E-state index in [4.69, 9.17) is 0 Å². The standard InChI is InChI=1S/C17H32N6/c1-15(2)11-23-17(18-14-19-23)13-21-7-9-22(10-8-21)16-5-4-6-20(3)12-16/h14-16H,4-13H2,1-3H3. The lowest BCUT2D eigenvalue weighted by molar-refractivity contribution is 0.0553. The van der Waals surface area contributed by atoms with E-state index in [0.29, 0.717) is 5.92 Å². The molecule has 23 heavy (non-hydrogen) atoms. The number of aromatic nitrogens is 3. The lowest BCUT2D eigenvalue weighted by atomic mass is 10.0. The van der Waals surface area contributed by atoms with E-state index in [-0.39, 0.29) is 0 Å². The third-order valence-electron chi connectivity index (χ3n) is 5.12. The Balaban J connectivity index is 1.48. The number of nitrogens with zero attached hydrogens (tertiary/aromatic N) is 6. The summed E-state index contributed by atoms with van der Waals surface area (Å²) in [4.78, 5) is 12.2. The Morgan fingerprint density at radius 1 is 1.17 bits per heavy atom. The van der Waals surface area contributed by atoms with Crippen LogP contribution in [0.15, 0.2) is 6.33 Å². The fourth-order valence-corrected chi connectivity index (χ4v) is 3.83. The average Bonchev–Trinajstić information content (AvgIpc) is 2.94. The molecule has 3 heterocycles. The molecule has 2 aliphatic heterocycles. The van der Waals surface area contributed by atoms with E-state index >= 15 is 0 Å². The first-order valence-electron chi connectivity index (χ1n) is 9.13. The highest BCUT2D eigenvalue weighted by Crippen LogP contribution is 2.17. The minimum Gasteiger partial charge on any atom is -0.305 e. The lowest BCUT2D eigenvalue weighted by Crippen LogP contribution is -2.54. The molecule has 0 N–H and O–H groups in total. The van der Waals surface area contributed by atoms with Gasteiger partial charge in [0.25, 0.3) is 0 Å². The number of likely N-dealkylation sites (N-methyl/N-ethyl adjacent to an activating group) is 1. The van der Waals surface area contributed by atoms with E-state index in [0.717, 1.165) is 38.0 Å². The van der Waals surface area contributed by atoms with Crippen LogP contribution in [-0.4, -0.2) is 81.8 Å². The van der Waals surface area contributed by atoms with Crippen molar-refractivity contribution >= 4 is 0 Å². The molecule has 1 aromatic heterocycles. The molecule has 0 aromatic carbocycles. The van der Waals surface area contributed by atoms with E-state index < -0.39 is 0 Å². The van der Waals surface area contributed by atoms with Gasteiger partial charge in [-0.15, -0.1) is 0 Å². The van der Waals surface area contributed by atoms with Gasteiger partial charge in [-0.3, -0.25) is 9.80 Å². The van der Waals surface area contributed by atoms with E-state index in [1.807, 2.05) is 0 Å². The maximum atomic E-state index is 4.47. The van der Waals surface area contributed by atoms with Gasteiger partial charge in [-0.1, -0.05) is 13.8 Å². The summed E-state index contributed by atoms with van der Waals surface area (Å²) in [5, 5.41) is 4.38. The van der Waals surface area contributed by atoms with Crippen molar-refractivity contribution in [2.45, 2.75) is 45.8 Å². The Morgan fingerprint density at radius 2 is 1.96 bits per heavy atom. The average molecular weight is 320 g/mol. The van der Waals surface area contributed by atoms with E-state index in [1.165, 1.54) is 39.0 Å². The predicted molar refractivity (Wildman–Crippen MR) is 92.2 cm³/mol. The maximum absolute atomic E-state index is 4.47. The first-order valence-corrected chi connectivity index (χ1v) is 9.13. The van der Waals surface area contributed by atoms with Crippen molar-refractivity contribution in [3.05, 3.63) is 12.2 Å². The minimum absolute atomic E-state index is 0.607. The third kappa shape index (κ3) is 4.52. The second-order valence-electron chi connectivity index (χ2n) is 7.62. The second kappa shape index (κ2) is 7.73. The molecule has 1 aromatic rings. The Hall–Kier alpha value is -0.980. The zero-order chi connectivity index (χ0) is 16.2. The molecule has 2 aliphatic rings. The number of piperidine rings is 1. The van der Waals surface area contributed by atoms with Crippen molar-refractivity contribution in [1.82, 2.24) is 29.5 Å². The van der Waals surface area contributed by atoms with Crippen LogP contribution in [0.25, 0.3) is 0 Å². The van der Waals surface area contributed by atoms with E-state index in [9.17, 15) is 0 Å². The molecule has 0 aliphatic carbocycles. The first kappa shape index (κ1) is 16.9. The zero-order valence-corrected chi connectivity index (χ0v) is 15.0. The first-order chi connectivity index (χ1) is 11.1. The minimum atomic E-state index is 0.607. The van der Waals surface area contributed by atoms with Gasteiger partial charge in [-0.2, -0.15) is 5.10 Å². The highest BCUT2D eigenvalue weighted by Gasteiger charge is 2.27. The van der Waals surface area contributed by atoms with Crippen LogP contribution in [0.4, 0.5) is 0 Å². The molecule has 0 amide bonds. The summed E-state index contributed by atoms with van der Waals surface area (Å²) >= 11 is 0. The number of rotatable bonds is 5. The van der Waals surface area contributed by atoms with Crippen LogP contribution in [0.1, 0.15) is 32.5 Å². The largest absolute Gasteiger partial charge is 0.305 e. The maximum Gasteiger partial charge on any atom is 0.141 e. The molecular formula is C17H32N6. The highest BCUT2D eigenvalue weighted by molar-refractivity contribution is 4.88. The molecule has 1 atom stereocenters. The van der Waals surface area contributed by atoms with Crippen LogP contribution in [-0.2, 0) is 13.1 Å². The van der Waals surface area contributed by atoms with Gasteiger partial charge in [0.05, 0.1) is 6.54 Å². The molecule has 6 nitrogen and oxygen atoms in total. The lowest BCUT2D eigenvalue weighted by Gasteiger charge is -2.42. The van der Waals surface area contributed by atoms with Crippen LogP contribution in [0.3, 0.4) is 0 Å². The number of piperazine rings is 1. The normalized spacial score (nSPS) is 25.3. The van der Waals surface area contributed by atoms with Crippen molar-refractivity contribution in [3.8, 4) is 0 Å². The molecule has 6 heteroatoms. The fraction of sp³-hybridized carbons (Fsp3) is 0.882. The van der Waals surface area contributed by atoms with Crippen LogP contribution in [0.2, 0.25) is 0 Å². The van der Waals surface area contributed by atoms with Gasteiger partial charge in [0.15, 0.2) is 0 Å². The van der Waals surface area contributed by atoms with Crippen LogP contribution in [0.5, 0.6) is 0 Å². The molecule has 1 unspecified atom stereocenters. The Bertz CT molecular complexity index is 477. The fourth-order valence-electron chi connectivity index (χ4n) is 3.83. The van der Waals surface area contributed by atoms with Gasteiger partial charge in [0.1, 0.15) is 12.2 Å². The molecule has 0 saturated carbocycles. The van der Waals surface area contributed by atoms with E-state index in [1.54, 1.807) is 6.33 Å². The Kier molecular flexibility index (Phi) is 5.67. The molecule has 0 spiro atoms. The topological polar surface area (TPSA) is 40.4 Å². The van der Waals surface area contributed by atoms with Crippen molar-refractivity contribution in [2.24, 2.45) is 5.92 Å². The van der Waals surface area contributed by atoms with Crippen molar-refractivity contribution in [3.63, 3.8) is 0 Å². The molecule has 2 saturated heterocycles. The van der Waals surface area contributed by atoms with Gasteiger partial charge in [-0.05, 0) is 32.4 Å². The summed E-state index contributed by atoms with van der Waals surface area (Å²) < 4.78 is 2.08. The number of hydrogen-bond donors (Lipinski definition) is 0. The van der Waals surface area contributed by atoms with Crippen molar-refractivity contribution in [2.75, 3.05) is 46.3 Å². The molecule has 2 fully saturated rings. The van der Waals surface area contributed by atoms with Gasteiger partial charge in [0, 0.05) is 45.3 Å². The monoisotopic (exact) mass is 320 g/mol. The number of hydrogen-bond acceptors (Lipinski definition) is 5. The number of likely N-dealkylation sites (tertiary alicyclic amines) is 1. The van der Waals surface area contributed by atoms with Crippen LogP contribution >= 0.6 is 0 Å². The van der Waals surface area contributed by atoms with E-state index in [2.05, 4.69) is 50.4 Å². The Morgan fingerprint density at radius 3 is 2.65 bits per heavy atom. The summed E-state index contributed by atoms with van der Waals surface area (Å²) in [6.07, 6.45) is 4.42. The molecule has 0 radical (unpaired) electrons. The summed E-state index contributed by atoms with van der Waals surface area (Å²) in [5.74, 6) is 1.72. The second-order valence-corrected chi connectivity index (χ2v) is 7.62. The smallest absolute Gasteiger partial charge is 0.141 e. The van der Waals surface area contributed by atoms with Gasteiger partial charge in [0.2, 0.25) is 0 Å². The molecular weight excluding hydrogens is 288 g/mol. The van der Waals surface area contributed by atoms with Gasteiger partial charge >= 0.3 is 0 Å². The van der Waals surface area contributed by atoms with Crippen LogP contribution < -0.4 is 0 Å². The molecule has 130 valence electrons. The summed E-state index contributed by atoms with van der Waals surface area (Å²) in [7, 11) is 2.25. The quantitative estimate of drug-likeness (QED) is 0.814. The summed E-state index contributed by atoms with van der Waals surface area (Å²) in [6, 6.07) is 0.764. The SMILES string of the molecule is CC(C)Cn1ncnc1CN1CCN(C2CCCN(C)C2)CC1. The summed E-state index contributed by atoms with van der Waals surface area (Å²) in [5.41, 5.74) is 0. The van der Waals surface area contributed by atoms with Gasteiger partial charge in [-0.25, -0.2) is 9.67 Å². The summed E-state index contributed by atoms with van der Waals surface area (Å²) in [6.45, 7) is 13.5. The predicted octanol–water partition coefficient (Wildman–Crippen LogP) is 1.15. The van der Waals surface area contributed by atoms with Crippen LogP contribution in [0, 0.1) is 5.92 Å². The Labute approximate surface area is 140 Å². The van der Waals surface area contributed by atoms with Crippen molar-refractivity contribution < 1.29 is 0 Å². The highest BCUT2D eigenvalue weighted by atomic mass is 15.4. The molecule has 3 rings (SSSR count). The zero-order valence-electron chi connectivity index (χ0n) is 15.0. The van der Waals surface area contributed by atoms with Crippen molar-refractivity contribution in [1.29, 1.82) is 0 Å².